The molecule has 3 aromatic rings. The van der Waals surface area contributed by atoms with Crippen molar-refractivity contribution in [1.29, 1.82) is 5.26 Å². The van der Waals surface area contributed by atoms with E-state index in [0.717, 1.165) is 16.0 Å². The lowest BCUT2D eigenvalue weighted by Gasteiger charge is -2.15. The molecule has 4 heteroatoms. The molecule has 2 heterocycles. The molecule has 0 aliphatic rings. The molecule has 17 heavy (non-hydrogen) atoms. The average molecular weight is 241 g/mol. The van der Waals surface area contributed by atoms with Crippen LogP contribution in [0.1, 0.15) is 19.4 Å². The summed E-state index contributed by atoms with van der Waals surface area (Å²) in [5.74, 6) is 0. The molecule has 0 aliphatic carbocycles. The van der Waals surface area contributed by atoms with E-state index in [0.29, 0.717) is 0 Å². The lowest BCUT2D eigenvalue weighted by molar-refractivity contribution is 0.688. The van der Waals surface area contributed by atoms with Crippen LogP contribution in [0.25, 0.3) is 15.2 Å². The Hall–Kier alpha value is -1.86. The van der Waals surface area contributed by atoms with Crippen LogP contribution in [-0.2, 0) is 5.41 Å². The molecule has 3 rings (SSSR count). The molecule has 3 nitrogen and oxygen atoms in total. The molecule has 0 aliphatic heterocycles. The number of fused-ring (bicyclic) bond motifs is 3. The first kappa shape index (κ1) is 10.3. The van der Waals surface area contributed by atoms with E-state index in [1.54, 1.807) is 17.5 Å². The molecule has 0 saturated heterocycles. The number of benzene rings is 1. The summed E-state index contributed by atoms with van der Waals surface area (Å²) in [5, 5.41) is 9.16. The Labute approximate surface area is 103 Å². The van der Waals surface area contributed by atoms with E-state index in [-0.39, 0.29) is 0 Å². The van der Waals surface area contributed by atoms with Gasteiger partial charge >= 0.3 is 0 Å². The number of aromatic nitrogens is 2. The van der Waals surface area contributed by atoms with Crippen molar-refractivity contribution in [2.24, 2.45) is 0 Å². The first-order valence-corrected chi connectivity index (χ1v) is 6.21. The number of nitrogens with zero attached hydrogens (tertiary/aromatic N) is 3. The third-order valence-electron chi connectivity index (χ3n) is 3.03. The first-order valence-electron chi connectivity index (χ1n) is 5.39. The smallest absolute Gasteiger partial charge is 0.194 e. The summed E-state index contributed by atoms with van der Waals surface area (Å²) in [6.07, 6.45) is 3.77. The molecule has 0 saturated carbocycles. The van der Waals surface area contributed by atoms with Gasteiger partial charge in [-0.1, -0.05) is 17.4 Å². The lowest BCUT2D eigenvalue weighted by Crippen LogP contribution is -2.13. The van der Waals surface area contributed by atoms with Crippen molar-refractivity contribution < 1.29 is 0 Å². The van der Waals surface area contributed by atoms with E-state index in [2.05, 4.69) is 27.6 Å². The molecule has 0 fully saturated rings. The molecule has 84 valence electrons. The number of nitriles is 1. The summed E-state index contributed by atoms with van der Waals surface area (Å²) < 4.78 is 3.25. The molecule has 0 unspecified atom stereocenters. The minimum absolute atomic E-state index is 0.444. The predicted molar refractivity (Wildman–Crippen MR) is 69.2 cm³/mol. The molecule has 0 radical (unpaired) electrons. The number of imidazole rings is 1. The second-order valence-electron chi connectivity index (χ2n) is 4.60. The van der Waals surface area contributed by atoms with Crippen molar-refractivity contribution in [2.45, 2.75) is 19.3 Å². The second kappa shape index (κ2) is 3.31. The summed E-state index contributed by atoms with van der Waals surface area (Å²) in [6, 6.07) is 8.52. The van der Waals surface area contributed by atoms with Crippen LogP contribution in [0.5, 0.6) is 0 Å². The summed E-state index contributed by atoms with van der Waals surface area (Å²) in [6.45, 7) is 3.87. The monoisotopic (exact) mass is 241 g/mol. The van der Waals surface area contributed by atoms with Gasteiger partial charge in [0.15, 0.2) is 4.96 Å². The van der Waals surface area contributed by atoms with Gasteiger partial charge in [0, 0.05) is 12.4 Å². The third kappa shape index (κ3) is 1.43. The van der Waals surface area contributed by atoms with Gasteiger partial charge in [-0.3, -0.25) is 4.40 Å². The molecule has 0 bridgehead atoms. The molecule has 2 aromatic heterocycles. The highest BCUT2D eigenvalue weighted by Gasteiger charge is 2.20. The van der Waals surface area contributed by atoms with Crippen LogP contribution in [0.3, 0.4) is 0 Å². The maximum absolute atomic E-state index is 9.16. The van der Waals surface area contributed by atoms with Gasteiger partial charge < -0.3 is 0 Å². The van der Waals surface area contributed by atoms with Gasteiger partial charge in [-0.2, -0.15) is 5.26 Å². The molecular formula is C13H11N3S. The highest BCUT2D eigenvalue weighted by molar-refractivity contribution is 7.23. The Kier molecular flexibility index (Phi) is 2.01. The highest BCUT2D eigenvalue weighted by Crippen LogP contribution is 2.30. The topological polar surface area (TPSA) is 41.1 Å². The fourth-order valence-corrected chi connectivity index (χ4v) is 2.92. The minimum Gasteiger partial charge on any atom is -0.290 e. The molecular weight excluding hydrogens is 230 g/mol. The molecule has 0 atom stereocenters. The Bertz CT molecular complexity index is 743. The normalized spacial score (nSPS) is 12.1. The zero-order valence-corrected chi connectivity index (χ0v) is 10.5. The van der Waals surface area contributed by atoms with Crippen molar-refractivity contribution in [1.82, 2.24) is 9.38 Å². The number of hydrogen-bond acceptors (Lipinski definition) is 3. The molecule has 0 spiro atoms. The predicted octanol–water partition coefficient (Wildman–Crippen LogP) is 3.35. The number of hydrogen-bond donors (Lipinski definition) is 0. The van der Waals surface area contributed by atoms with E-state index in [9.17, 15) is 0 Å². The fraction of sp³-hybridized carbons (Fsp3) is 0.231. The van der Waals surface area contributed by atoms with Crippen LogP contribution in [0.2, 0.25) is 0 Å². The minimum atomic E-state index is -0.444. The van der Waals surface area contributed by atoms with Crippen LogP contribution < -0.4 is 0 Å². The van der Waals surface area contributed by atoms with E-state index in [4.69, 9.17) is 5.26 Å². The Balaban J connectivity index is 2.30. The van der Waals surface area contributed by atoms with Crippen LogP contribution >= 0.6 is 11.3 Å². The average Bonchev–Trinajstić information content (AvgIpc) is 2.87. The van der Waals surface area contributed by atoms with Crippen molar-refractivity contribution in [3.8, 4) is 6.07 Å². The Morgan fingerprint density at radius 2 is 2.24 bits per heavy atom. The van der Waals surface area contributed by atoms with Gasteiger partial charge in [-0.25, -0.2) is 4.98 Å². The van der Waals surface area contributed by atoms with Crippen molar-refractivity contribution in [2.75, 3.05) is 0 Å². The largest absolute Gasteiger partial charge is 0.290 e. The second-order valence-corrected chi connectivity index (χ2v) is 5.61. The van der Waals surface area contributed by atoms with Crippen molar-refractivity contribution in [3.63, 3.8) is 0 Å². The molecule has 0 amide bonds. The van der Waals surface area contributed by atoms with E-state index in [1.165, 1.54) is 4.70 Å². The summed E-state index contributed by atoms with van der Waals surface area (Å²) in [5.41, 5.74) is 1.76. The van der Waals surface area contributed by atoms with Crippen molar-refractivity contribution >= 4 is 26.5 Å². The molecule has 0 N–H and O–H groups in total. The van der Waals surface area contributed by atoms with Gasteiger partial charge in [0.05, 0.1) is 21.7 Å². The standard InChI is InChI=1S/C13H11N3S/c1-13(2,8-14)9-3-4-10-11(7-9)17-12-15-5-6-16(10)12/h3-7H,1-2H3. The number of thiazole rings is 1. The van der Waals surface area contributed by atoms with E-state index >= 15 is 0 Å². The maximum Gasteiger partial charge on any atom is 0.194 e. The zero-order valence-electron chi connectivity index (χ0n) is 9.64. The van der Waals surface area contributed by atoms with Crippen LogP contribution in [-0.4, -0.2) is 9.38 Å². The van der Waals surface area contributed by atoms with E-state index < -0.39 is 5.41 Å². The highest BCUT2D eigenvalue weighted by atomic mass is 32.1. The lowest BCUT2D eigenvalue weighted by atomic mass is 9.86. The maximum atomic E-state index is 9.16. The zero-order chi connectivity index (χ0) is 12.0. The third-order valence-corrected chi connectivity index (χ3v) is 4.06. The Morgan fingerprint density at radius 3 is 3.00 bits per heavy atom. The van der Waals surface area contributed by atoms with Gasteiger partial charge in [0.25, 0.3) is 0 Å². The Morgan fingerprint density at radius 1 is 1.41 bits per heavy atom. The summed E-state index contributed by atoms with van der Waals surface area (Å²) in [7, 11) is 0. The van der Waals surface area contributed by atoms with Gasteiger partial charge in [-0.05, 0) is 31.5 Å². The SMILES string of the molecule is CC(C)(C#N)c1ccc2c(c1)sc1nccn12. The quantitative estimate of drug-likeness (QED) is 0.655. The summed E-state index contributed by atoms with van der Waals surface area (Å²) in [4.78, 5) is 5.28. The van der Waals surface area contributed by atoms with Crippen molar-refractivity contribution in [3.05, 3.63) is 36.2 Å². The first-order chi connectivity index (χ1) is 8.12. The number of rotatable bonds is 1. The van der Waals surface area contributed by atoms with Gasteiger partial charge in [0.1, 0.15) is 0 Å². The van der Waals surface area contributed by atoms with Gasteiger partial charge in [0.2, 0.25) is 0 Å². The summed E-state index contributed by atoms with van der Waals surface area (Å²) >= 11 is 1.65. The molecule has 1 aromatic carbocycles. The fourth-order valence-electron chi connectivity index (χ4n) is 1.90. The van der Waals surface area contributed by atoms with Gasteiger partial charge in [-0.15, -0.1) is 0 Å². The van der Waals surface area contributed by atoms with Crippen LogP contribution in [0.4, 0.5) is 0 Å². The van der Waals surface area contributed by atoms with Crippen LogP contribution in [0.15, 0.2) is 30.6 Å². The van der Waals surface area contributed by atoms with E-state index in [1.807, 2.05) is 26.1 Å². The van der Waals surface area contributed by atoms with Crippen LogP contribution in [0, 0.1) is 11.3 Å².